The molecule has 0 bridgehead atoms. The molecule has 0 fully saturated rings. The fourth-order valence-electron chi connectivity index (χ4n) is 1.47. The number of hydrogen-bond acceptors (Lipinski definition) is 3. The van der Waals surface area contributed by atoms with Crippen molar-refractivity contribution >= 4 is 11.6 Å². The molecule has 94 valence electrons. The van der Waals surface area contributed by atoms with Crippen LogP contribution in [0.1, 0.15) is 30.6 Å². The van der Waals surface area contributed by atoms with Gasteiger partial charge in [0, 0.05) is 6.54 Å². The number of ether oxygens (including phenoxy) is 1. The molecule has 17 heavy (non-hydrogen) atoms. The summed E-state index contributed by atoms with van der Waals surface area (Å²) in [6, 6.07) is 5.17. The minimum Gasteiger partial charge on any atom is -0.494 e. The van der Waals surface area contributed by atoms with Gasteiger partial charge in [-0.1, -0.05) is 26.3 Å². The van der Waals surface area contributed by atoms with E-state index in [4.69, 9.17) is 10.5 Å². The highest BCUT2D eigenvalue weighted by Crippen LogP contribution is 2.25. The number of anilines is 1. The Morgan fingerprint density at radius 1 is 1.53 bits per heavy atom. The van der Waals surface area contributed by atoms with Crippen LogP contribution >= 0.6 is 0 Å². The Labute approximate surface area is 102 Å². The van der Waals surface area contributed by atoms with Gasteiger partial charge in [-0.05, 0) is 18.1 Å². The van der Waals surface area contributed by atoms with Crippen molar-refractivity contribution in [1.29, 1.82) is 0 Å². The van der Waals surface area contributed by atoms with Crippen LogP contribution in [0.15, 0.2) is 18.2 Å². The first-order valence-corrected chi connectivity index (χ1v) is 5.80. The molecule has 1 aromatic carbocycles. The molecule has 1 amide bonds. The molecule has 0 aromatic heterocycles. The maximum absolute atomic E-state index is 12.0. The van der Waals surface area contributed by atoms with Gasteiger partial charge in [0.15, 0.2) is 5.75 Å². The number of para-hydroxylation sites is 1. The molecule has 3 N–H and O–H groups in total. The van der Waals surface area contributed by atoms with E-state index in [1.54, 1.807) is 18.2 Å². The number of nitrogens with two attached hydrogens (primary N) is 1. The molecule has 0 heterocycles. The Morgan fingerprint density at radius 3 is 2.82 bits per heavy atom. The van der Waals surface area contributed by atoms with E-state index in [9.17, 15) is 4.79 Å². The summed E-state index contributed by atoms with van der Waals surface area (Å²) in [5, 5.41) is 2.88. The van der Waals surface area contributed by atoms with Gasteiger partial charge in [0.05, 0.1) is 18.4 Å². The number of rotatable bonds is 5. The number of hydrogen-bond donors (Lipinski definition) is 2. The number of methoxy groups -OCH3 is 1. The van der Waals surface area contributed by atoms with E-state index < -0.39 is 0 Å². The average Bonchev–Trinajstić information content (AvgIpc) is 2.35. The first kappa shape index (κ1) is 13.4. The number of nitrogens with one attached hydrogen (secondary N) is 1. The predicted molar refractivity (Wildman–Crippen MR) is 69.2 cm³/mol. The van der Waals surface area contributed by atoms with Gasteiger partial charge in [0.1, 0.15) is 0 Å². The summed E-state index contributed by atoms with van der Waals surface area (Å²) in [5.74, 6) is 0.759. The van der Waals surface area contributed by atoms with Crippen LogP contribution in [-0.2, 0) is 0 Å². The molecule has 0 aliphatic rings. The average molecular weight is 236 g/mol. The summed E-state index contributed by atoms with van der Waals surface area (Å²) in [6.07, 6.45) is 1.04. The third-order valence-electron chi connectivity index (χ3n) is 2.80. The van der Waals surface area contributed by atoms with E-state index >= 15 is 0 Å². The quantitative estimate of drug-likeness (QED) is 0.769. The number of benzene rings is 1. The molecule has 0 saturated heterocycles. The minimum absolute atomic E-state index is 0.144. The van der Waals surface area contributed by atoms with Crippen molar-refractivity contribution in [1.82, 2.24) is 5.32 Å². The third-order valence-corrected chi connectivity index (χ3v) is 2.80. The second-order valence-electron chi connectivity index (χ2n) is 4.15. The van der Waals surface area contributed by atoms with Crippen LogP contribution in [-0.4, -0.2) is 19.6 Å². The van der Waals surface area contributed by atoms with E-state index in [2.05, 4.69) is 19.2 Å². The lowest BCUT2D eigenvalue weighted by Crippen LogP contribution is -2.28. The van der Waals surface area contributed by atoms with E-state index in [0.717, 1.165) is 6.42 Å². The van der Waals surface area contributed by atoms with Gasteiger partial charge in [-0.15, -0.1) is 0 Å². The molecular formula is C13H20N2O2. The smallest absolute Gasteiger partial charge is 0.255 e. The molecule has 4 heteroatoms. The zero-order valence-electron chi connectivity index (χ0n) is 10.6. The van der Waals surface area contributed by atoms with Crippen molar-refractivity contribution in [2.24, 2.45) is 5.92 Å². The topological polar surface area (TPSA) is 64.4 Å². The van der Waals surface area contributed by atoms with Gasteiger partial charge in [-0.3, -0.25) is 4.79 Å². The second kappa shape index (κ2) is 6.13. The summed E-state index contributed by atoms with van der Waals surface area (Å²) in [7, 11) is 1.51. The SMILES string of the molecule is CCC(C)CNC(=O)c1cccc(N)c1OC. The Kier molecular flexibility index (Phi) is 4.82. The zero-order chi connectivity index (χ0) is 12.8. The standard InChI is InChI=1S/C13H20N2O2/c1-4-9(2)8-15-13(16)10-6-5-7-11(14)12(10)17-3/h5-7,9H,4,8,14H2,1-3H3,(H,15,16). The lowest BCUT2D eigenvalue weighted by Gasteiger charge is -2.13. The number of nitrogen functional groups attached to an aromatic ring is 1. The molecule has 0 spiro atoms. The van der Waals surface area contributed by atoms with Gasteiger partial charge >= 0.3 is 0 Å². The fraction of sp³-hybridized carbons (Fsp3) is 0.462. The monoisotopic (exact) mass is 236 g/mol. The van der Waals surface area contributed by atoms with Crippen LogP contribution in [0.5, 0.6) is 5.75 Å². The van der Waals surface area contributed by atoms with Crippen LogP contribution in [0, 0.1) is 5.92 Å². The molecule has 1 aromatic rings. The van der Waals surface area contributed by atoms with Crippen molar-refractivity contribution in [3.63, 3.8) is 0 Å². The number of carbonyl (C=O) groups excluding carboxylic acids is 1. The van der Waals surface area contributed by atoms with Gasteiger partial charge < -0.3 is 15.8 Å². The van der Waals surface area contributed by atoms with Gasteiger partial charge in [0.2, 0.25) is 0 Å². The summed E-state index contributed by atoms with van der Waals surface area (Å²) < 4.78 is 5.14. The molecule has 1 rings (SSSR count). The summed E-state index contributed by atoms with van der Waals surface area (Å²) in [5.41, 5.74) is 6.70. The van der Waals surface area contributed by atoms with Crippen LogP contribution in [0.3, 0.4) is 0 Å². The summed E-state index contributed by atoms with van der Waals surface area (Å²) >= 11 is 0. The molecule has 1 atom stereocenters. The molecule has 4 nitrogen and oxygen atoms in total. The lowest BCUT2D eigenvalue weighted by molar-refractivity contribution is 0.0945. The minimum atomic E-state index is -0.144. The molecule has 0 saturated carbocycles. The highest BCUT2D eigenvalue weighted by atomic mass is 16.5. The Balaban J connectivity index is 2.78. The summed E-state index contributed by atoms with van der Waals surface area (Å²) in [6.45, 7) is 4.85. The second-order valence-corrected chi connectivity index (χ2v) is 4.15. The van der Waals surface area contributed by atoms with Crippen molar-refractivity contribution in [3.8, 4) is 5.75 Å². The Bertz CT molecular complexity index is 391. The maximum atomic E-state index is 12.0. The highest BCUT2D eigenvalue weighted by Gasteiger charge is 2.14. The Hall–Kier alpha value is -1.71. The zero-order valence-corrected chi connectivity index (χ0v) is 10.6. The van der Waals surface area contributed by atoms with Crippen molar-refractivity contribution in [3.05, 3.63) is 23.8 Å². The van der Waals surface area contributed by atoms with Gasteiger partial charge in [0.25, 0.3) is 5.91 Å². The third kappa shape index (κ3) is 3.37. The van der Waals surface area contributed by atoms with Crippen molar-refractivity contribution in [2.75, 3.05) is 19.4 Å². The molecule has 0 radical (unpaired) electrons. The highest BCUT2D eigenvalue weighted by molar-refractivity contribution is 5.98. The first-order chi connectivity index (χ1) is 8.10. The van der Waals surface area contributed by atoms with Gasteiger partial charge in [-0.25, -0.2) is 0 Å². The molecule has 0 aliphatic carbocycles. The number of amides is 1. The van der Waals surface area contributed by atoms with Gasteiger partial charge in [-0.2, -0.15) is 0 Å². The fourth-order valence-corrected chi connectivity index (χ4v) is 1.47. The van der Waals surface area contributed by atoms with Crippen LogP contribution in [0.25, 0.3) is 0 Å². The van der Waals surface area contributed by atoms with E-state index in [0.29, 0.717) is 29.5 Å². The van der Waals surface area contributed by atoms with E-state index in [-0.39, 0.29) is 5.91 Å². The van der Waals surface area contributed by atoms with Crippen molar-refractivity contribution < 1.29 is 9.53 Å². The van der Waals surface area contributed by atoms with Crippen LogP contribution in [0.4, 0.5) is 5.69 Å². The molecule has 1 unspecified atom stereocenters. The van der Waals surface area contributed by atoms with Crippen LogP contribution in [0.2, 0.25) is 0 Å². The molecular weight excluding hydrogens is 216 g/mol. The lowest BCUT2D eigenvalue weighted by atomic mass is 10.1. The summed E-state index contributed by atoms with van der Waals surface area (Å²) in [4.78, 5) is 12.0. The number of carbonyl (C=O) groups is 1. The van der Waals surface area contributed by atoms with E-state index in [1.165, 1.54) is 7.11 Å². The maximum Gasteiger partial charge on any atom is 0.255 e. The predicted octanol–water partition coefficient (Wildman–Crippen LogP) is 2.05. The first-order valence-electron chi connectivity index (χ1n) is 5.80. The molecule has 0 aliphatic heterocycles. The largest absolute Gasteiger partial charge is 0.494 e. The van der Waals surface area contributed by atoms with E-state index in [1.807, 2.05) is 0 Å². The van der Waals surface area contributed by atoms with Crippen molar-refractivity contribution in [2.45, 2.75) is 20.3 Å². The Morgan fingerprint density at radius 2 is 2.24 bits per heavy atom. The van der Waals surface area contributed by atoms with Crippen LogP contribution < -0.4 is 15.8 Å². The normalized spacial score (nSPS) is 11.9.